The van der Waals surface area contributed by atoms with Crippen LogP contribution in [0.15, 0.2) is 28.7 Å². The lowest BCUT2D eigenvalue weighted by Crippen LogP contribution is -2.60. The van der Waals surface area contributed by atoms with E-state index in [0.717, 1.165) is 43.3 Å². The summed E-state index contributed by atoms with van der Waals surface area (Å²) < 4.78 is 5.77. The fraction of sp³-hybridized carbons (Fsp3) is 0.545. The zero-order valence-corrected chi connectivity index (χ0v) is 17.1. The van der Waals surface area contributed by atoms with Gasteiger partial charge in [0.15, 0.2) is 5.76 Å². The van der Waals surface area contributed by atoms with E-state index in [2.05, 4.69) is 10.2 Å². The van der Waals surface area contributed by atoms with E-state index >= 15 is 0 Å². The summed E-state index contributed by atoms with van der Waals surface area (Å²) in [5.41, 5.74) is 1.51. The molecule has 1 aromatic heterocycles. The van der Waals surface area contributed by atoms with Crippen LogP contribution in [0, 0.1) is 6.92 Å². The molecule has 0 unspecified atom stereocenters. The minimum Gasteiger partial charge on any atom is -0.451 e. The van der Waals surface area contributed by atoms with Crippen LogP contribution in [0.1, 0.15) is 42.3 Å². The first kappa shape index (κ1) is 19.9. The van der Waals surface area contributed by atoms with Crippen molar-refractivity contribution in [2.45, 2.75) is 51.3 Å². The number of fused-ring (bicyclic) bond motifs is 1. The van der Waals surface area contributed by atoms with Crippen LogP contribution in [0.25, 0.3) is 11.0 Å². The maximum atomic E-state index is 12.9. The summed E-state index contributed by atoms with van der Waals surface area (Å²) in [5, 5.41) is 14.9. The molecule has 2 aromatic rings. The van der Waals surface area contributed by atoms with Gasteiger partial charge in [-0.2, -0.15) is 0 Å². The van der Waals surface area contributed by atoms with Crippen molar-refractivity contribution in [1.82, 2.24) is 15.1 Å². The van der Waals surface area contributed by atoms with Crippen LogP contribution in [-0.2, 0) is 4.79 Å². The minimum atomic E-state index is -0.638. The summed E-state index contributed by atoms with van der Waals surface area (Å²) in [5.74, 6) is 0.139. The minimum absolute atomic E-state index is 0.0000663. The van der Waals surface area contributed by atoms with Crippen LogP contribution in [-0.4, -0.2) is 71.1 Å². The summed E-state index contributed by atoms with van der Waals surface area (Å²) in [7, 11) is 0. The van der Waals surface area contributed by atoms with Crippen LogP contribution < -0.4 is 5.32 Å². The van der Waals surface area contributed by atoms with Crippen molar-refractivity contribution < 1.29 is 19.1 Å². The summed E-state index contributed by atoms with van der Waals surface area (Å²) >= 11 is 0. The van der Waals surface area contributed by atoms with E-state index in [4.69, 9.17) is 4.42 Å². The average molecular weight is 399 g/mol. The smallest absolute Gasteiger partial charge is 0.287 e. The maximum absolute atomic E-state index is 12.9. The number of piperazine rings is 1. The predicted molar refractivity (Wildman–Crippen MR) is 110 cm³/mol. The van der Waals surface area contributed by atoms with E-state index in [9.17, 15) is 14.7 Å². The Labute approximate surface area is 170 Å². The lowest BCUT2D eigenvalue weighted by molar-refractivity contribution is -0.131. The van der Waals surface area contributed by atoms with Crippen molar-refractivity contribution >= 4 is 22.8 Å². The number of furan rings is 1. The third kappa shape index (κ3) is 3.89. The van der Waals surface area contributed by atoms with Gasteiger partial charge < -0.3 is 19.7 Å². The highest BCUT2D eigenvalue weighted by molar-refractivity contribution is 5.99. The molecular weight excluding hydrogens is 370 g/mol. The van der Waals surface area contributed by atoms with Gasteiger partial charge in [0.05, 0.1) is 12.1 Å². The molecule has 2 aliphatic rings. The quantitative estimate of drug-likeness (QED) is 0.824. The number of carbonyl (C=O) groups excluding carboxylic acids is 2. The molecule has 1 saturated carbocycles. The number of carbonyl (C=O) groups is 2. The summed E-state index contributed by atoms with van der Waals surface area (Å²) in [6.07, 6.45) is 1.95. The number of aliphatic hydroxyl groups is 1. The van der Waals surface area contributed by atoms with Crippen molar-refractivity contribution in [3.63, 3.8) is 0 Å². The van der Waals surface area contributed by atoms with Crippen LogP contribution >= 0.6 is 0 Å². The highest BCUT2D eigenvalue weighted by Crippen LogP contribution is 2.27. The lowest BCUT2D eigenvalue weighted by atomic mass is 9.86. The first-order chi connectivity index (χ1) is 14.0. The molecule has 2 heterocycles. The van der Waals surface area contributed by atoms with Crippen molar-refractivity contribution in [1.29, 1.82) is 0 Å². The Morgan fingerprint density at radius 3 is 2.55 bits per heavy atom. The topological polar surface area (TPSA) is 86.0 Å². The third-order valence-corrected chi connectivity index (χ3v) is 6.42. The highest BCUT2D eigenvalue weighted by atomic mass is 16.3. The van der Waals surface area contributed by atoms with Crippen molar-refractivity contribution in [3.8, 4) is 0 Å². The largest absolute Gasteiger partial charge is 0.451 e. The molecule has 2 N–H and O–H groups in total. The normalized spacial score (nSPS) is 25.9. The molecule has 1 aliphatic heterocycles. The van der Waals surface area contributed by atoms with E-state index in [1.54, 1.807) is 6.92 Å². The molecular formula is C22H29N3O4. The monoisotopic (exact) mass is 399 g/mol. The fourth-order valence-electron chi connectivity index (χ4n) is 4.71. The van der Waals surface area contributed by atoms with Crippen molar-refractivity contribution in [3.05, 3.63) is 35.6 Å². The summed E-state index contributed by atoms with van der Waals surface area (Å²) in [6.45, 7) is 6.36. The van der Waals surface area contributed by atoms with Crippen LogP contribution in [0.4, 0.5) is 0 Å². The van der Waals surface area contributed by atoms with Gasteiger partial charge in [0.1, 0.15) is 5.58 Å². The molecule has 0 bridgehead atoms. The number of aliphatic hydroxyl groups excluding tert-OH is 1. The maximum Gasteiger partial charge on any atom is 0.287 e. The van der Waals surface area contributed by atoms with E-state index < -0.39 is 6.10 Å². The van der Waals surface area contributed by atoms with Crippen LogP contribution in [0.5, 0.6) is 0 Å². The predicted octanol–water partition coefficient (Wildman–Crippen LogP) is 1.92. The second kappa shape index (κ2) is 8.16. The molecule has 0 radical (unpaired) electrons. The third-order valence-electron chi connectivity index (χ3n) is 6.42. The lowest BCUT2D eigenvalue weighted by Gasteiger charge is -2.44. The summed E-state index contributed by atoms with van der Waals surface area (Å²) in [6, 6.07) is 7.30. The number of hydrogen-bond donors (Lipinski definition) is 2. The first-order valence-electron chi connectivity index (χ1n) is 10.4. The Morgan fingerprint density at radius 2 is 1.86 bits per heavy atom. The molecule has 2 amide bonds. The Bertz CT molecular complexity index is 901. The Hall–Kier alpha value is -2.38. The van der Waals surface area contributed by atoms with Crippen molar-refractivity contribution in [2.75, 3.05) is 26.2 Å². The van der Waals surface area contributed by atoms with E-state index in [0.29, 0.717) is 24.4 Å². The highest BCUT2D eigenvalue weighted by Gasteiger charge is 2.38. The molecule has 7 nitrogen and oxygen atoms in total. The van der Waals surface area contributed by atoms with Gasteiger partial charge in [0.25, 0.3) is 5.91 Å². The fourth-order valence-corrected chi connectivity index (χ4v) is 4.71. The number of para-hydroxylation sites is 1. The zero-order valence-electron chi connectivity index (χ0n) is 17.1. The average Bonchev–Trinajstić information content (AvgIpc) is 3.07. The van der Waals surface area contributed by atoms with E-state index in [-0.39, 0.29) is 23.9 Å². The van der Waals surface area contributed by atoms with Crippen LogP contribution in [0.3, 0.4) is 0 Å². The Morgan fingerprint density at radius 1 is 1.14 bits per heavy atom. The molecule has 1 aromatic carbocycles. The van der Waals surface area contributed by atoms with Gasteiger partial charge >= 0.3 is 0 Å². The van der Waals surface area contributed by atoms with Crippen LogP contribution in [0.2, 0.25) is 0 Å². The van der Waals surface area contributed by atoms with E-state index in [1.807, 2.05) is 36.1 Å². The number of aryl methyl sites for hydroxylation is 1. The molecule has 7 heteroatoms. The number of rotatable bonds is 3. The summed E-state index contributed by atoms with van der Waals surface area (Å²) in [4.78, 5) is 28.5. The zero-order chi connectivity index (χ0) is 20.5. The van der Waals surface area contributed by atoms with Gasteiger partial charge in [-0.3, -0.25) is 14.5 Å². The van der Waals surface area contributed by atoms with Gasteiger partial charge in [-0.1, -0.05) is 18.2 Å². The molecule has 1 aliphatic carbocycles. The molecule has 0 spiro atoms. The second-order valence-electron chi connectivity index (χ2n) is 8.16. The molecule has 29 heavy (non-hydrogen) atoms. The number of hydrogen-bond acceptors (Lipinski definition) is 5. The van der Waals surface area contributed by atoms with Gasteiger partial charge in [0, 0.05) is 50.1 Å². The number of nitrogens with zero attached hydrogens (tertiary/aromatic N) is 2. The second-order valence-corrected chi connectivity index (χ2v) is 8.16. The van der Waals surface area contributed by atoms with Gasteiger partial charge in [-0.25, -0.2) is 0 Å². The molecule has 1 saturated heterocycles. The van der Waals surface area contributed by atoms with E-state index in [1.165, 1.54) is 0 Å². The van der Waals surface area contributed by atoms with Gasteiger partial charge in [-0.05, 0) is 32.3 Å². The first-order valence-corrected chi connectivity index (χ1v) is 10.4. The number of amides is 2. The Kier molecular flexibility index (Phi) is 5.61. The molecule has 3 atom stereocenters. The van der Waals surface area contributed by atoms with Crippen molar-refractivity contribution in [2.24, 2.45) is 0 Å². The number of nitrogens with one attached hydrogen (secondary N) is 1. The Balaban J connectivity index is 1.43. The van der Waals surface area contributed by atoms with Gasteiger partial charge in [0.2, 0.25) is 5.91 Å². The van der Waals surface area contributed by atoms with Gasteiger partial charge in [-0.15, -0.1) is 0 Å². The SMILES string of the molecule is CC(=O)N1CCN([C@@H]2CCC[C@@H](NC(=O)c3oc4ccccc4c3C)[C@H]2O)CC1. The standard InChI is InChI=1S/C22H29N3O4/c1-14-16-6-3-4-9-19(16)29-21(14)22(28)23-17-7-5-8-18(20(17)27)25-12-10-24(11-13-25)15(2)26/h3-4,6,9,17-18,20,27H,5,7-8,10-13H2,1-2H3,(H,23,28)/t17-,18-,20-/m1/s1. The molecule has 2 fully saturated rings. The molecule has 4 rings (SSSR count). The number of benzene rings is 1. The molecule has 156 valence electrons.